The lowest BCUT2D eigenvalue weighted by molar-refractivity contribution is -0.115. The molecule has 0 radical (unpaired) electrons. The van der Waals surface area contributed by atoms with E-state index in [0.717, 1.165) is 4.88 Å². The fraction of sp³-hybridized carbons (Fsp3) is 0. The van der Waals surface area contributed by atoms with Crippen molar-refractivity contribution in [2.45, 2.75) is 0 Å². The first-order chi connectivity index (χ1) is 8.81. The van der Waals surface area contributed by atoms with E-state index in [4.69, 9.17) is 0 Å². The summed E-state index contributed by atoms with van der Waals surface area (Å²) in [5.74, 6) is 0.224. The lowest BCUT2D eigenvalue weighted by atomic mass is 10.4. The first-order valence-corrected chi connectivity index (χ1v) is 6.69. The molecule has 0 unspecified atom stereocenters. The van der Waals surface area contributed by atoms with Crippen molar-refractivity contribution in [3.05, 3.63) is 33.6 Å². The minimum Gasteiger partial charge on any atom is -0.300 e. The quantitative estimate of drug-likeness (QED) is 0.819. The number of thioether (sulfide) groups is 1. The second kappa shape index (κ2) is 4.75. The zero-order chi connectivity index (χ0) is 12.4. The summed E-state index contributed by atoms with van der Waals surface area (Å²) in [5.41, 5.74) is 0. The van der Waals surface area contributed by atoms with E-state index in [1.807, 2.05) is 23.6 Å². The zero-order valence-corrected chi connectivity index (χ0v) is 10.6. The third-order valence-electron chi connectivity index (χ3n) is 2.08. The van der Waals surface area contributed by atoms with E-state index in [1.165, 1.54) is 18.1 Å². The molecule has 2 aromatic heterocycles. The summed E-state index contributed by atoms with van der Waals surface area (Å²) >= 11 is 2.86. The number of hydrogen-bond donors (Lipinski definition) is 2. The predicted molar refractivity (Wildman–Crippen MR) is 71.5 cm³/mol. The number of rotatable bonds is 2. The molecular weight excluding hydrogens is 270 g/mol. The van der Waals surface area contributed by atoms with Crippen LogP contribution in [0.25, 0.3) is 6.08 Å². The van der Waals surface area contributed by atoms with Gasteiger partial charge in [-0.3, -0.25) is 4.79 Å². The molecule has 1 fully saturated rings. The lowest BCUT2D eigenvalue weighted by Gasteiger charge is -1.89. The average Bonchev–Trinajstić information content (AvgIpc) is 3.04. The molecule has 1 aliphatic heterocycles. The van der Waals surface area contributed by atoms with Gasteiger partial charge in [0, 0.05) is 4.88 Å². The smallest absolute Gasteiger partial charge is 0.264 e. The van der Waals surface area contributed by atoms with Gasteiger partial charge in [-0.15, -0.1) is 11.3 Å². The molecule has 18 heavy (non-hydrogen) atoms. The average molecular weight is 277 g/mol. The maximum Gasteiger partial charge on any atom is 0.264 e. The molecule has 0 bridgehead atoms. The molecule has 8 heteroatoms. The SMILES string of the molecule is O=C1N/C(=N\c2ncn[nH]2)S/C1=C\c1cccs1. The predicted octanol–water partition coefficient (Wildman–Crippen LogP) is 1.76. The van der Waals surface area contributed by atoms with Crippen molar-refractivity contribution in [1.82, 2.24) is 20.5 Å². The minimum atomic E-state index is -0.147. The fourth-order valence-corrected chi connectivity index (χ4v) is 2.88. The van der Waals surface area contributed by atoms with Crippen LogP contribution in [0.4, 0.5) is 5.95 Å². The summed E-state index contributed by atoms with van der Waals surface area (Å²) in [6, 6.07) is 3.90. The highest BCUT2D eigenvalue weighted by molar-refractivity contribution is 8.18. The standard InChI is InChI=1S/C10H7N5OS2/c16-8-7(4-6-2-1-3-17-6)18-10(13-8)14-9-11-5-12-15-9/h1-5H,(H2,11,12,13,14,15,16)/b7-4-. The number of hydrogen-bond acceptors (Lipinski definition) is 6. The van der Waals surface area contributed by atoms with Crippen molar-refractivity contribution in [1.29, 1.82) is 0 Å². The fourth-order valence-electron chi connectivity index (χ4n) is 1.33. The zero-order valence-electron chi connectivity index (χ0n) is 8.95. The molecule has 6 nitrogen and oxygen atoms in total. The van der Waals surface area contributed by atoms with Crippen molar-refractivity contribution in [2.75, 3.05) is 0 Å². The topological polar surface area (TPSA) is 83.0 Å². The number of nitrogens with zero attached hydrogens (tertiary/aromatic N) is 3. The summed E-state index contributed by atoms with van der Waals surface area (Å²) in [6.45, 7) is 0. The normalized spacial score (nSPS) is 19.7. The van der Waals surface area contributed by atoms with E-state index in [-0.39, 0.29) is 5.91 Å². The van der Waals surface area contributed by atoms with E-state index < -0.39 is 0 Å². The number of amidine groups is 1. The maximum absolute atomic E-state index is 11.7. The van der Waals surface area contributed by atoms with Crippen molar-refractivity contribution in [2.24, 2.45) is 4.99 Å². The highest BCUT2D eigenvalue weighted by Crippen LogP contribution is 2.28. The van der Waals surface area contributed by atoms with Crippen LogP contribution < -0.4 is 5.32 Å². The molecule has 0 aromatic carbocycles. The van der Waals surface area contributed by atoms with Crippen molar-refractivity contribution in [3.8, 4) is 0 Å². The van der Waals surface area contributed by atoms with Gasteiger partial charge in [-0.25, -0.2) is 5.10 Å². The number of aromatic amines is 1. The van der Waals surface area contributed by atoms with Crippen LogP contribution in [-0.4, -0.2) is 26.3 Å². The molecule has 0 atom stereocenters. The van der Waals surface area contributed by atoms with Crippen LogP contribution in [0.1, 0.15) is 4.88 Å². The van der Waals surface area contributed by atoms with Crippen molar-refractivity contribution < 1.29 is 4.79 Å². The Morgan fingerprint density at radius 3 is 3.11 bits per heavy atom. The van der Waals surface area contributed by atoms with Crippen LogP contribution in [0.15, 0.2) is 33.7 Å². The van der Waals surface area contributed by atoms with Gasteiger partial charge in [0.25, 0.3) is 5.91 Å². The Labute approximate surface area is 110 Å². The molecule has 2 N–H and O–H groups in total. The van der Waals surface area contributed by atoms with Crippen LogP contribution in [0.2, 0.25) is 0 Å². The van der Waals surface area contributed by atoms with Gasteiger partial charge < -0.3 is 5.32 Å². The van der Waals surface area contributed by atoms with Crippen LogP contribution in [0, 0.1) is 0 Å². The number of H-pyrrole nitrogens is 1. The van der Waals surface area contributed by atoms with Gasteiger partial charge >= 0.3 is 0 Å². The van der Waals surface area contributed by atoms with E-state index in [9.17, 15) is 4.79 Å². The number of amides is 1. The molecule has 1 aliphatic rings. The van der Waals surface area contributed by atoms with Crippen LogP contribution in [-0.2, 0) is 4.79 Å². The van der Waals surface area contributed by atoms with Gasteiger partial charge in [0.2, 0.25) is 5.95 Å². The largest absolute Gasteiger partial charge is 0.300 e. The molecular formula is C10H7N5OS2. The lowest BCUT2D eigenvalue weighted by Crippen LogP contribution is -2.19. The molecule has 1 saturated heterocycles. The summed E-state index contributed by atoms with van der Waals surface area (Å²) in [6.07, 6.45) is 3.21. The second-order valence-electron chi connectivity index (χ2n) is 3.31. The van der Waals surface area contributed by atoms with Crippen LogP contribution >= 0.6 is 23.1 Å². The van der Waals surface area contributed by atoms with Gasteiger partial charge in [-0.2, -0.15) is 15.1 Å². The van der Waals surface area contributed by atoms with Gasteiger partial charge in [0.15, 0.2) is 5.17 Å². The van der Waals surface area contributed by atoms with Crippen LogP contribution in [0.3, 0.4) is 0 Å². The molecule has 3 heterocycles. The first kappa shape index (κ1) is 11.2. The number of aliphatic imine (C=N–C) groups is 1. The molecule has 0 aliphatic carbocycles. The number of aromatic nitrogens is 3. The highest BCUT2D eigenvalue weighted by atomic mass is 32.2. The van der Waals surface area contributed by atoms with E-state index in [0.29, 0.717) is 16.0 Å². The Morgan fingerprint density at radius 1 is 1.44 bits per heavy atom. The van der Waals surface area contributed by atoms with E-state index in [2.05, 4.69) is 25.5 Å². The molecule has 3 rings (SSSR count). The Balaban J connectivity index is 1.83. The van der Waals surface area contributed by atoms with Gasteiger partial charge in [0.05, 0.1) is 4.91 Å². The molecule has 90 valence electrons. The third-order valence-corrected chi connectivity index (χ3v) is 3.81. The summed E-state index contributed by atoms with van der Waals surface area (Å²) in [5, 5.41) is 11.4. The summed E-state index contributed by atoms with van der Waals surface area (Å²) in [4.78, 5) is 21.4. The molecule has 0 saturated carbocycles. The third kappa shape index (κ3) is 2.34. The van der Waals surface area contributed by atoms with E-state index >= 15 is 0 Å². The van der Waals surface area contributed by atoms with Crippen molar-refractivity contribution in [3.63, 3.8) is 0 Å². The number of nitrogens with one attached hydrogen (secondary N) is 2. The molecule has 2 aromatic rings. The van der Waals surface area contributed by atoms with Gasteiger partial charge in [-0.05, 0) is 29.3 Å². The summed E-state index contributed by atoms with van der Waals surface area (Å²) in [7, 11) is 0. The van der Waals surface area contributed by atoms with Gasteiger partial charge in [-0.1, -0.05) is 6.07 Å². The Kier molecular flexibility index (Phi) is 2.95. The highest BCUT2D eigenvalue weighted by Gasteiger charge is 2.24. The number of thiophene rings is 1. The Morgan fingerprint density at radius 2 is 2.39 bits per heavy atom. The molecule has 1 amide bonds. The van der Waals surface area contributed by atoms with Crippen molar-refractivity contribution >= 4 is 46.2 Å². The Hall–Kier alpha value is -1.93. The van der Waals surface area contributed by atoms with E-state index in [1.54, 1.807) is 11.3 Å². The summed E-state index contributed by atoms with van der Waals surface area (Å²) < 4.78 is 0. The Bertz CT molecular complexity index is 615. The number of carbonyl (C=O) groups is 1. The second-order valence-corrected chi connectivity index (χ2v) is 5.32. The van der Waals surface area contributed by atoms with Crippen LogP contribution in [0.5, 0.6) is 0 Å². The monoisotopic (exact) mass is 277 g/mol. The number of carbonyl (C=O) groups excluding carboxylic acids is 1. The molecule has 0 spiro atoms. The first-order valence-electron chi connectivity index (χ1n) is 5.00. The van der Waals surface area contributed by atoms with Gasteiger partial charge in [0.1, 0.15) is 6.33 Å². The maximum atomic E-state index is 11.7. The minimum absolute atomic E-state index is 0.147.